The van der Waals surface area contributed by atoms with Crippen molar-refractivity contribution in [3.8, 4) is 0 Å². The fourth-order valence-corrected chi connectivity index (χ4v) is 2.07. The van der Waals surface area contributed by atoms with E-state index in [0.717, 1.165) is 16.0 Å². The first-order valence-electron chi connectivity index (χ1n) is 5.92. The molecule has 0 unspecified atom stereocenters. The molecule has 1 amide bonds. The minimum atomic E-state index is -0.00751. The summed E-state index contributed by atoms with van der Waals surface area (Å²) in [6.45, 7) is 0.490. The summed E-state index contributed by atoms with van der Waals surface area (Å²) in [5, 5.41) is 3.55. The highest BCUT2D eigenvalue weighted by Crippen LogP contribution is 2.11. The van der Waals surface area contributed by atoms with Crippen LogP contribution in [0.1, 0.15) is 11.1 Å². The van der Waals surface area contributed by atoms with Crippen molar-refractivity contribution in [2.75, 3.05) is 0 Å². The topological polar surface area (TPSA) is 29.1 Å². The Bertz CT molecular complexity index is 569. The van der Waals surface area contributed by atoms with Gasteiger partial charge in [0.1, 0.15) is 0 Å². The second kappa shape index (κ2) is 6.64. The van der Waals surface area contributed by atoms with E-state index in [1.165, 1.54) is 0 Å². The number of carbonyl (C=O) groups is 1. The van der Waals surface area contributed by atoms with Crippen LogP contribution in [0.5, 0.6) is 0 Å². The van der Waals surface area contributed by atoms with E-state index >= 15 is 0 Å². The minimum Gasteiger partial charge on any atom is -0.352 e. The van der Waals surface area contributed by atoms with Gasteiger partial charge in [0, 0.05) is 16.5 Å². The van der Waals surface area contributed by atoms with E-state index in [9.17, 15) is 4.79 Å². The van der Waals surface area contributed by atoms with Gasteiger partial charge in [-0.25, -0.2) is 0 Å². The molecule has 2 aromatic rings. The second-order valence-corrected chi connectivity index (χ2v) is 5.20. The van der Waals surface area contributed by atoms with Crippen LogP contribution in [0.4, 0.5) is 0 Å². The van der Waals surface area contributed by atoms with Crippen LogP contribution in [0.2, 0.25) is 5.02 Å². The smallest absolute Gasteiger partial charge is 0.224 e. The standard InChI is InChI=1S/C15H14ClNOS/c16-13-3-1-2-12(8-13)10-17-15(18)9-11-4-6-14(19)7-5-11/h1-8,19H,9-10H2,(H,17,18). The molecule has 0 bridgehead atoms. The van der Waals surface area contributed by atoms with Crippen LogP contribution in [0.25, 0.3) is 0 Å². The molecule has 0 aromatic heterocycles. The molecule has 19 heavy (non-hydrogen) atoms. The van der Waals surface area contributed by atoms with Crippen LogP contribution in [0, 0.1) is 0 Å². The molecule has 4 heteroatoms. The van der Waals surface area contributed by atoms with E-state index in [1.54, 1.807) is 0 Å². The molecule has 1 N–H and O–H groups in total. The molecule has 0 aliphatic heterocycles. The lowest BCUT2D eigenvalue weighted by Crippen LogP contribution is -2.24. The first kappa shape index (κ1) is 14.0. The largest absolute Gasteiger partial charge is 0.352 e. The van der Waals surface area contributed by atoms with Gasteiger partial charge in [-0.15, -0.1) is 12.6 Å². The quantitative estimate of drug-likeness (QED) is 0.830. The first-order chi connectivity index (χ1) is 9.13. The fraction of sp³-hybridized carbons (Fsp3) is 0.133. The summed E-state index contributed by atoms with van der Waals surface area (Å²) >= 11 is 10.1. The zero-order valence-corrected chi connectivity index (χ0v) is 11.9. The number of benzene rings is 2. The molecule has 2 nitrogen and oxygen atoms in total. The lowest BCUT2D eigenvalue weighted by Gasteiger charge is -2.06. The van der Waals surface area contributed by atoms with Crippen LogP contribution in [0.15, 0.2) is 53.4 Å². The Morgan fingerprint density at radius 1 is 1.11 bits per heavy atom. The van der Waals surface area contributed by atoms with Gasteiger partial charge in [0.05, 0.1) is 6.42 Å². The number of halogens is 1. The maximum Gasteiger partial charge on any atom is 0.224 e. The van der Waals surface area contributed by atoms with E-state index in [1.807, 2.05) is 48.5 Å². The molecule has 0 aliphatic rings. The Labute approximate surface area is 123 Å². The average Bonchev–Trinajstić information content (AvgIpc) is 2.39. The van der Waals surface area contributed by atoms with Crippen LogP contribution >= 0.6 is 24.2 Å². The van der Waals surface area contributed by atoms with Crippen molar-refractivity contribution in [3.05, 3.63) is 64.7 Å². The molecule has 2 aromatic carbocycles. The van der Waals surface area contributed by atoms with E-state index in [0.29, 0.717) is 18.0 Å². The third kappa shape index (κ3) is 4.62. The SMILES string of the molecule is O=C(Cc1ccc(S)cc1)NCc1cccc(Cl)c1. The second-order valence-electron chi connectivity index (χ2n) is 4.25. The highest BCUT2D eigenvalue weighted by atomic mass is 35.5. The Morgan fingerprint density at radius 2 is 1.84 bits per heavy atom. The van der Waals surface area contributed by atoms with Gasteiger partial charge in [-0.1, -0.05) is 35.9 Å². The van der Waals surface area contributed by atoms with E-state index in [-0.39, 0.29) is 5.91 Å². The van der Waals surface area contributed by atoms with Crippen LogP contribution in [-0.2, 0) is 17.8 Å². The molecule has 0 heterocycles. The maximum atomic E-state index is 11.8. The first-order valence-corrected chi connectivity index (χ1v) is 6.75. The predicted octanol–water partition coefficient (Wildman–Crippen LogP) is 3.49. The lowest BCUT2D eigenvalue weighted by atomic mass is 10.1. The molecule has 0 fully saturated rings. The number of rotatable bonds is 4. The van der Waals surface area contributed by atoms with Crippen molar-refractivity contribution in [2.24, 2.45) is 0 Å². The Morgan fingerprint density at radius 3 is 2.53 bits per heavy atom. The van der Waals surface area contributed by atoms with E-state index in [2.05, 4.69) is 17.9 Å². The normalized spacial score (nSPS) is 10.2. The summed E-state index contributed by atoms with van der Waals surface area (Å²) in [5.74, 6) is -0.00751. The molecule has 2 rings (SSSR count). The minimum absolute atomic E-state index is 0.00751. The van der Waals surface area contributed by atoms with Crippen molar-refractivity contribution in [3.63, 3.8) is 0 Å². The van der Waals surface area contributed by atoms with E-state index in [4.69, 9.17) is 11.6 Å². The number of nitrogens with one attached hydrogen (secondary N) is 1. The maximum absolute atomic E-state index is 11.8. The highest BCUT2D eigenvalue weighted by Gasteiger charge is 2.03. The van der Waals surface area contributed by atoms with Crippen LogP contribution in [0.3, 0.4) is 0 Å². The van der Waals surface area contributed by atoms with Gasteiger partial charge < -0.3 is 5.32 Å². The van der Waals surface area contributed by atoms with Crippen molar-refractivity contribution in [1.29, 1.82) is 0 Å². The summed E-state index contributed by atoms with van der Waals surface area (Å²) in [6, 6.07) is 15.0. The van der Waals surface area contributed by atoms with Crippen molar-refractivity contribution in [1.82, 2.24) is 5.32 Å². The predicted molar refractivity (Wildman–Crippen MR) is 80.7 cm³/mol. The molecular weight excluding hydrogens is 278 g/mol. The zero-order chi connectivity index (χ0) is 13.7. The molecule has 0 spiro atoms. The monoisotopic (exact) mass is 291 g/mol. The Balaban J connectivity index is 1.86. The van der Waals surface area contributed by atoms with Gasteiger partial charge >= 0.3 is 0 Å². The number of amides is 1. The van der Waals surface area contributed by atoms with Crippen molar-refractivity contribution in [2.45, 2.75) is 17.9 Å². The lowest BCUT2D eigenvalue weighted by molar-refractivity contribution is -0.120. The highest BCUT2D eigenvalue weighted by molar-refractivity contribution is 7.80. The number of hydrogen-bond donors (Lipinski definition) is 2. The number of thiol groups is 1. The van der Waals surface area contributed by atoms with Gasteiger partial charge in [-0.2, -0.15) is 0 Å². The third-order valence-electron chi connectivity index (χ3n) is 2.68. The Kier molecular flexibility index (Phi) is 4.88. The molecule has 98 valence electrons. The Hall–Kier alpha value is -1.45. The van der Waals surface area contributed by atoms with Gasteiger partial charge in [-0.05, 0) is 35.4 Å². The van der Waals surface area contributed by atoms with Crippen molar-refractivity contribution >= 4 is 30.1 Å². The summed E-state index contributed by atoms with van der Waals surface area (Å²) in [5.41, 5.74) is 1.97. The van der Waals surface area contributed by atoms with E-state index < -0.39 is 0 Å². The van der Waals surface area contributed by atoms with Gasteiger partial charge in [0.2, 0.25) is 5.91 Å². The van der Waals surface area contributed by atoms with Gasteiger partial charge in [0.25, 0.3) is 0 Å². The fourth-order valence-electron chi connectivity index (χ4n) is 1.71. The third-order valence-corrected chi connectivity index (χ3v) is 3.21. The number of carbonyl (C=O) groups excluding carboxylic acids is 1. The van der Waals surface area contributed by atoms with Crippen LogP contribution in [-0.4, -0.2) is 5.91 Å². The summed E-state index contributed by atoms with van der Waals surface area (Å²) < 4.78 is 0. The van der Waals surface area contributed by atoms with Gasteiger partial charge in [0.15, 0.2) is 0 Å². The molecule has 0 radical (unpaired) electrons. The molecule has 0 saturated heterocycles. The molecule has 0 atom stereocenters. The molecule has 0 aliphatic carbocycles. The molecule has 0 saturated carbocycles. The summed E-state index contributed by atoms with van der Waals surface area (Å²) in [6.07, 6.45) is 0.370. The van der Waals surface area contributed by atoms with Crippen LogP contribution < -0.4 is 5.32 Å². The van der Waals surface area contributed by atoms with Crippen molar-refractivity contribution < 1.29 is 4.79 Å². The summed E-state index contributed by atoms with van der Waals surface area (Å²) in [4.78, 5) is 12.7. The summed E-state index contributed by atoms with van der Waals surface area (Å²) in [7, 11) is 0. The molecular formula is C15H14ClNOS. The zero-order valence-electron chi connectivity index (χ0n) is 10.3. The van der Waals surface area contributed by atoms with Gasteiger partial charge in [-0.3, -0.25) is 4.79 Å². The average molecular weight is 292 g/mol. The number of hydrogen-bond acceptors (Lipinski definition) is 2.